The Labute approximate surface area is 206 Å². The van der Waals surface area contributed by atoms with Crippen molar-refractivity contribution in [3.8, 4) is 34.5 Å². The molecule has 4 aromatic rings. The molecule has 35 heavy (non-hydrogen) atoms. The Hall–Kier alpha value is -4.05. The monoisotopic (exact) mass is 497 g/mol. The average molecular weight is 498 g/mol. The van der Waals surface area contributed by atoms with Gasteiger partial charge >= 0.3 is 0 Å². The van der Waals surface area contributed by atoms with Crippen molar-refractivity contribution in [2.45, 2.75) is 13.0 Å². The molecular formula is C24H24ClN5O5. The lowest BCUT2D eigenvalue weighted by atomic mass is 10.2. The first-order valence-electron chi connectivity index (χ1n) is 10.8. The van der Waals surface area contributed by atoms with Crippen molar-refractivity contribution >= 4 is 23.2 Å². The van der Waals surface area contributed by atoms with Gasteiger partial charge in [-0.15, -0.1) is 15.3 Å². The lowest BCUT2D eigenvalue weighted by Crippen LogP contribution is -2.38. The van der Waals surface area contributed by atoms with E-state index >= 15 is 0 Å². The molecule has 0 aliphatic rings. The number of aromatic nitrogens is 4. The topological polar surface area (TPSA) is 109 Å². The number of ether oxygens (including phenoxy) is 4. The summed E-state index contributed by atoms with van der Waals surface area (Å²) in [5, 5.41) is 16.1. The molecule has 11 heteroatoms. The van der Waals surface area contributed by atoms with Crippen molar-refractivity contribution < 1.29 is 23.7 Å². The van der Waals surface area contributed by atoms with Crippen molar-refractivity contribution in [2.24, 2.45) is 0 Å². The summed E-state index contributed by atoms with van der Waals surface area (Å²) in [4.78, 5) is 12.3. The lowest BCUT2D eigenvalue weighted by Gasteiger charge is -2.15. The van der Waals surface area contributed by atoms with E-state index in [1.807, 2.05) is 6.07 Å². The number of hydrogen-bond donors (Lipinski definition) is 1. The summed E-state index contributed by atoms with van der Waals surface area (Å²) in [7, 11) is 3.14. The van der Waals surface area contributed by atoms with Gasteiger partial charge in [0, 0.05) is 11.6 Å². The highest BCUT2D eigenvalue weighted by molar-refractivity contribution is 6.32. The Morgan fingerprint density at radius 3 is 2.60 bits per heavy atom. The van der Waals surface area contributed by atoms with Crippen molar-refractivity contribution in [2.75, 3.05) is 27.4 Å². The molecule has 2 heterocycles. The normalized spacial score (nSPS) is 11.7. The van der Waals surface area contributed by atoms with Gasteiger partial charge in [-0.3, -0.25) is 4.79 Å². The molecule has 2 aromatic heterocycles. The van der Waals surface area contributed by atoms with Crippen LogP contribution in [0, 0.1) is 0 Å². The van der Waals surface area contributed by atoms with Gasteiger partial charge in [-0.2, -0.15) is 4.52 Å². The maximum atomic E-state index is 12.3. The fraction of sp³-hybridized carbons (Fsp3) is 0.250. The summed E-state index contributed by atoms with van der Waals surface area (Å²) in [5.41, 5.74) is 1.31. The predicted octanol–water partition coefficient (Wildman–Crippen LogP) is 3.42. The van der Waals surface area contributed by atoms with Crippen molar-refractivity contribution in [3.05, 3.63) is 59.6 Å². The van der Waals surface area contributed by atoms with E-state index in [-0.39, 0.29) is 19.1 Å². The second-order valence-electron chi connectivity index (χ2n) is 7.36. The number of amides is 1. The van der Waals surface area contributed by atoms with Crippen LogP contribution in [0.4, 0.5) is 0 Å². The van der Waals surface area contributed by atoms with Crippen molar-refractivity contribution in [1.82, 2.24) is 25.1 Å². The minimum Gasteiger partial charge on any atom is -0.493 e. The van der Waals surface area contributed by atoms with Crippen LogP contribution >= 0.6 is 11.6 Å². The number of nitrogens with one attached hydrogen (secondary N) is 1. The predicted molar refractivity (Wildman–Crippen MR) is 129 cm³/mol. The molecule has 0 fully saturated rings. The maximum Gasteiger partial charge on any atom is 0.260 e. The van der Waals surface area contributed by atoms with Crippen LogP contribution in [0.5, 0.6) is 23.1 Å². The quantitative estimate of drug-likeness (QED) is 0.332. The molecule has 0 bridgehead atoms. The summed E-state index contributed by atoms with van der Waals surface area (Å²) in [5.74, 6) is 2.21. The van der Waals surface area contributed by atoms with E-state index in [0.29, 0.717) is 39.6 Å². The van der Waals surface area contributed by atoms with Gasteiger partial charge in [-0.05, 0) is 43.3 Å². The van der Waals surface area contributed by atoms with Gasteiger partial charge in [0.15, 0.2) is 29.1 Å². The number of para-hydroxylation sites is 1. The van der Waals surface area contributed by atoms with Crippen LogP contribution in [0.1, 0.15) is 6.92 Å². The highest BCUT2D eigenvalue weighted by Gasteiger charge is 2.16. The Kier molecular flexibility index (Phi) is 7.51. The number of benzene rings is 2. The number of nitrogens with zero attached hydrogens (tertiary/aromatic N) is 4. The Morgan fingerprint density at radius 1 is 1.03 bits per heavy atom. The van der Waals surface area contributed by atoms with E-state index in [1.165, 1.54) is 0 Å². The molecule has 1 unspecified atom stereocenters. The van der Waals surface area contributed by atoms with Gasteiger partial charge in [0.2, 0.25) is 5.88 Å². The molecule has 1 amide bonds. The minimum atomic E-state index is -0.717. The largest absolute Gasteiger partial charge is 0.493 e. The maximum absolute atomic E-state index is 12.3. The number of hydrogen-bond acceptors (Lipinski definition) is 8. The second kappa shape index (κ2) is 10.9. The number of carbonyl (C=O) groups is 1. The lowest BCUT2D eigenvalue weighted by molar-refractivity contribution is -0.127. The number of fused-ring (bicyclic) bond motifs is 1. The zero-order chi connectivity index (χ0) is 24.8. The summed E-state index contributed by atoms with van der Waals surface area (Å²) in [6.45, 7) is 2.12. The standard InChI is InChI=1S/C24H24ClN5O5/c1-15(35-18-7-5-4-6-17(18)25)24(31)26-12-13-34-22-11-10-21-27-28-23(30(21)29-22)16-8-9-19(32-2)20(14-16)33-3/h4-11,14-15H,12-13H2,1-3H3,(H,26,31). The van der Waals surface area contributed by atoms with Crippen LogP contribution in [0.3, 0.4) is 0 Å². The molecule has 0 spiro atoms. The minimum absolute atomic E-state index is 0.205. The Morgan fingerprint density at radius 2 is 1.83 bits per heavy atom. The molecular weight excluding hydrogens is 474 g/mol. The summed E-state index contributed by atoms with van der Waals surface area (Å²) < 4.78 is 23.6. The highest BCUT2D eigenvalue weighted by Crippen LogP contribution is 2.31. The zero-order valence-corrected chi connectivity index (χ0v) is 20.2. The first-order chi connectivity index (χ1) is 17.0. The first-order valence-corrected chi connectivity index (χ1v) is 11.1. The van der Waals surface area contributed by atoms with E-state index in [0.717, 1.165) is 5.56 Å². The number of halogens is 1. The van der Waals surface area contributed by atoms with Crippen LogP contribution in [0.15, 0.2) is 54.6 Å². The van der Waals surface area contributed by atoms with E-state index in [4.69, 9.17) is 30.5 Å². The van der Waals surface area contributed by atoms with Crippen LogP contribution in [-0.2, 0) is 4.79 Å². The molecule has 0 saturated heterocycles. The fourth-order valence-electron chi connectivity index (χ4n) is 3.26. The first kappa shape index (κ1) is 24.1. The molecule has 1 N–H and O–H groups in total. The van der Waals surface area contributed by atoms with E-state index < -0.39 is 6.10 Å². The molecule has 0 aliphatic carbocycles. The molecule has 2 aromatic carbocycles. The van der Waals surface area contributed by atoms with Crippen LogP contribution in [0.25, 0.3) is 17.0 Å². The van der Waals surface area contributed by atoms with E-state index in [9.17, 15) is 4.79 Å². The third-order valence-electron chi connectivity index (χ3n) is 5.04. The third kappa shape index (κ3) is 5.55. The molecule has 10 nitrogen and oxygen atoms in total. The van der Waals surface area contributed by atoms with E-state index in [1.54, 1.807) is 74.2 Å². The molecule has 1 atom stereocenters. The van der Waals surface area contributed by atoms with Gasteiger partial charge < -0.3 is 24.3 Å². The zero-order valence-electron chi connectivity index (χ0n) is 19.4. The van der Waals surface area contributed by atoms with E-state index in [2.05, 4.69) is 20.6 Å². The molecule has 0 radical (unpaired) electrons. The summed E-state index contributed by atoms with van der Waals surface area (Å²) in [6, 6.07) is 15.8. The van der Waals surface area contributed by atoms with Gasteiger partial charge in [0.05, 0.1) is 25.8 Å². The fourth-order valence-corrected chi connectivity index (χ4v) is 3.44. The van der Waals surface area contributed by atoms with Crippen molar-refractivity contribution in [1.29, 1.82) is 0 Å². The summed E-state index contributed by atoms with van der Waals surface area (Å²) >= 11 is 6.07. The van der Waals surface area contributed by atoms with Gasteiger partial charge in [0.25, 0.3) is 5.91 Å². The third-order valence-corrected chi connectivity index (χ3v) is 5.35. The highest BCUT2D eigenvalue weighted by atomic mass is 35.5. The molecule has 0 aliphatic heterocycles. The van der Waals surface area contributed by atoms with Crippen LogP contribution in [-0.4, -0.2) is 59.2 Å². The molecule has 182 valence electrons. The van der Waals surface area contributed by atoms with Crippen LogP contribution < -0.4 is 24.3 Å². The van der Waals surface area contributed by atoms with Gasteiger partial charge in [-0.25, -0.2) is 0 Å². The van der Waals surface area contributed by atoms with Crippen molar-refractivity contribution in [3.63, 3.8) is 0 Å². The summed E-state index contributed by atoms with van der Waals surface area (Å²) in [6.07, 6.45) is -0.717. The number of carbonyl (C=O) groups excluding carboxylic acids is 1. The number of rotatable bonds is 10. The SMILES string of the molecule is COc1ccc(-c2nnc3ccc(OCCNC(=O)C(C)Oc4ccccc4Cl)nn23)cc1OC. The van der Waals surface area contributed by atoms with Gasteiger partial charge in [0.1, 0.15) is 12.4 Å². The number of methoxy groups -OCH3 is 2. The van der Waals surface area contributed by atoms with Crippen LogP contribution in [0.2, 0.25) is 5.02 Å². The van der Waals surface area contributed by atoms with Gasteiger partial charge in [-0.1, -0.05) is 23.7 Å². The molecule has 4 rings (SSSR count). The Bertz CT molecular complexity index is 1330. The Balaban J connectivity index is 1.36. The average Bonchev–Trinajstić information content (AvgIpc) is 3.30. The molecule has 0 saturated carbocycles. The second-order valence-corrected chi connectivity index (χ2v) is 7.77. The smallest absolute Gasteiger partial charge is 0.260 e.